The number of rotatable bonds is 2. The third-order valence-electron chi connectivity index (χ3n) is 0.407. The van der Waals surface area contributed by atoms with Crippen molar-refractivity contribution in [1.82, 2.24) is 0 Å². The van der Waals surface area contributed by atoms with Gasteiger partial charge in [0.1, 0.15) is 0 Å². The van der Waals surface area contributed by atoms with Crippen molar-refractivity contribution in [2.24, 2.45) is 0 Å². The zero-order chi connectivity index (χ0) is 7.65. The van der Waals surface area contributed by atoms with Crippen molar-refractivity contribution < 1.29 is 26.3 Å². The van der Waals surface area contributed by atoms with Gasteiger partial charge in [-0.25, -0.2) is 8.42 Å². The molecule has 0 aliphatic heterocycles. The van der Waals surface area contributed by atoms with Gasteiger partial charge in [0.25, 0.3) is 0 Å². The van der Waals surface area contributed by atoms with E-state index in [1.54, 1.807) is 0 Å². The molecule has 9 heavy (non-hydrogen) atoms. The van der Waals surface area contributed by atoms with Crippen LogP contribution in [0.2, 0.25) is 0 Å². The molecular weight excluding hydrogens is 178 g/mol. The summed E-state index contributed by atoms with van der Waals surface area (Å²) in [5, 5.41) is 0. The summed E-state index contributed by atoms with van der Waals surface area (Å²) in [6, 6.07) is 0. The largest absolute Gasteiger partial charge is 0.443 e. The van der Waals surface area contributed by atoms with Gasteiger partial charge in [0.05, 0.1) is 0 Å². The molecule has 0 amide bonds. The molecule has 0 saturated carbocycles. The monoisotopic (exact) mass is 180 g/mol. The Morgan fingerprint density at radius 1 is 1.11 bits per heavy atom. The Kier molecular flexibility index (Phi) is 2.80. The first-order valence-corrected chi connectivity index (χ1v) is 3.70. The summed E-state index contributed by atoms with van der Waals surface area (Å²) in [6.07, 6.45) is 0. The van der Waals surface area contributed by atoms with Crippen molar-refractivity contribution in [3.05, 3.63) is 0 Å². The summed E-state index contributed by atoms with van der Waals surface area (Å²) < 4.78 is 52.9. The molecule has 0 aromatic heterocycles. The molecule has 0 aromatic rings. The predicted octanol–water partition coefficient (Wildman–Crippen LogP) is -0.0199. The molecular formula is CH2F2O4S2. The van der Waals surface area contributed by atoms with E-state index in [2.05, 4.69) is 0 Å². The maximum Gasteiger partial charge on any atom is 0.443 e. The maximum atomic E-state index is 11.6. The van der Waals surface area contributed by atoms with E-state index in [0.717, 1.165) is 0 Å². The lowest BCUT2D eigenvalue weighted by atomic mass is 11.6. The molecule has 0 aromatic carbocycles. The molecule has 0 spiro atoms. The standard InChI is InChI=1S/CH2F2O4S2/c2-1(3,8(4)5)9(6)7/h(H,4,5)(H,6,7). The molecule has 0 aliphatic carbocycles. The fourth-order valence-electron chi connectivity index (χ4n) is 0.0610. The molecule has 0 saturated heterocycles. The zero-order valence-corrected chi connectivity index (χ0v) is 5.42. The van der Waals surface area contributed by atoms with Gasteiger partial charge in [-0.1, -0.05) is 0 Å². The lowest BCUT2D eigenvalue weighted by Gasteiger charge is -2.03. The molecule has 4 nitrogen and oxygen atoms in total. The van der Waals surface area contributed by atoms with Crippen LogP contribution in [0.1, 0.15) is 0 Å². The highest BCUT2D eigenvalue weighted by molar-refractivity contribution is 7.98. The molecule has 0 radical (unpaired) electrons. The van der Waals surface area contributed by atoms with Crippen molar-refractivity contribution in [2.45, 2.75) is 4.59 Å². The van der Waals surface area contributed by atoms with Crippen LogP contribution in [-0.2, 0) is 22.2 Å². The highest BCUT2D eigenvalue weighted by Crippen LogP contribution is 2.19. The minimum absolute atomic E-state index is 3.59. The molecule has 2 atom stereocenters. The molecule has 56 valence electrons. The quantitative estimate of drug-likeness (QED) is 0.585. The van der Waals surface area contributed by atoms with Crippen LogP contribution in [0, 0.1) is 0 Å². The summed E-state index contributed by atoms with van der Waals surface area (Å²) in [4.78, 5) is 0. The first kappa shape index (κ1) is 9.08. The van der Waals surface area contributed by atoms with Crippen LogP contribution in [0.25, 0.3) is 0 Å². The average molecular weight is 180 g/mol. The first-order valence-electron chi connectivity index (χ1n) is 1.48. The fraction of sp³-hybridized carbons (Fsp3) is 1.00. The smallest absolute Gasteiger partial charge is 0.301 e. The van der Waals surface area contributed by atoms with Crippen molar-refractivity contribution in [1.29, 1.82) is 0 Å². The molecule has 0 fully saturated rings. The molecule has 0 heterocycles. The van der Waals surface area contributed by atoms with Gasteiger partial charge in [0, 0.05) is 0 Å². The summed E-state index contributed by atoms with van der Waals surface area (Å²) in [6.45, 7) is 0. The van der Waals surface area contributed by atoms with Gasteiger partial charge in [-0.05, 0) is 0 Å². The van der Waals surface area contributed by atoms with E-state index < -0.39 is 26.7 Å². The zero-order valence-electron chi connectivity index (χ0n) is 3.78. The Bertz CT molecular complexity index is 139. The third-order valence-corrected chi connectivity index (χ3v) is 2.08. The Labute approximate surface area is 53.8 Å². The lowest BCUT2D eigenvalue weighted by Crippen LogP contribution is -2.27. The van der Waals surface area contributed by atoms with E-state index in [0.29, 0.717) is 0 Å². The first-order chi connectivity index (χ1) is 3.89. The van der Waals surface area contributed by atoms with Crippen molar-refractivity contribution in [2.75, 3.05) is 0 Å². The van der Waals surface area contributed by atoms with Gasteiger partial charge in [0.15, 0.2) is 0 Å². The normalized spacial score (nSPS) is 19.1. The second kappa shape index (κ2) is 2.78. The van der Waals surface area contributed by atoms with Gasteiger partial charge < -0.3 is 9.11 Å². The molecule has 2 N–H and O–H groups in total. The highest BCUT2D eigenvalue weighted by Gasteiger charge is 2.44. The van der Waals surface area contributed by atoms with E-state index >= 15 is 0 Å². The topological polar surface area (TPSA) is 74.6 Å². The number of hydrogen-bond acceptors (Lipinski definition) is 2. The SMILES string of the molecule is O=S(O)C(F)(F)S(=O)O. The highest BCUT2D eigenvalue weighted by atomic mass is 32.3. The summed E-state index contributed by atoms with van der Waals surface area (Å²) in [5.74, 6) is 0. The fourth-order valence-corrected chi connectivity index (χ4v) is 0.549. The molecule has 8 heteroatoms. The van der Waals surface area contributed by atoms with Crippen LogP contribution in [-0.4, -0.2) is 22.1 Å². The minimum Gasteiger partial charge on any atom is -0.301 e. The average Bonchev–Trinajstić information content (AvgIpc) is 1.65. The minimum atomic E-state index is -4.44. The van der Waals surface area contributed by atoms with Gasteiger partial charge in [-0.3, -0.25) is 0 Å². The van der Waals surface area contributed by atoms with Crippen molar-refractivity contribution in [3.63, 3.8) is 0 Å². The molecule has 0 aliphatic rings. The van der Waals surface area contributed by atoms with Crippen LogP contribution < -0.4 is 0 Å². The molecule has 2 unspecified atom stereocenters. The van der Waals surface area contributed by atoms with Gasteiger partial charge in [-0.15, -0.1) is 0 Å². The van der Waals surface area contributed by atoms with Gasteiger partial charge in [0.2, 0.25) is 22.2 Å². The Balaban J connectivity index is 4.38. The van der Waals surface area contributed by atoms with E-state index in [9.17, 15) is 17.2 Å². The van der Waals surface area contributed by atoms with E-state index in [4.69, 9.17) is 9.11 Å². The Morgan fingerprint density at radius 3 is 1.33 bits per heavy atom. The van der Waals surface area contributed by atoms with Crippen LogP contribution in [0.5, 0.6) is 0 Å². The van der Waals surface area contributed by atoms with Crippen molar-refractivity contribution in [3.8, 4) is 0 Å². The summed E-state index contributed by atoms with van der Waals surface area (Å²) in [7, 11) is 0. The van der Waals surface area contributed by atoms with Gasteiger partial charge >= 0.3 is 4.59 Å². The van der Waals surface area contributed by atoms with Gasteiger partial charge in [-0.2, -0.15) is 8.78 Å². The van der Waals surface area contributed by atoms with Crippen LogP contribution in [0.4, 0.5) is 8.78 Å². The Morgan fingerprint density at radius 2 is 1.33 bits per heavy atom. The number of alkyl halides is 2. The van der Waals surface area contributed by atoms with E-state index in [-0.39, 0.29) is 0 Å². The van der Waals surface area contributed by atoms with E-state index in [1.165, 1.54) is 0 Å². The molecule has 0 rings (SSSR count). The van der Waals surface area contributed by atoms with Crippen LogP contribution >= 0.6 is 0 Å². The summed E-state index contributed by atoms with van der Waals surface area (Å²) in [5.41, 5.74) is 0. The third kappa shape index (κ3) is 2.05. The number of halogens is 2. The Hall–Kier alpha value is 0.0800. The maximum absolute atomic E-state index is 11.6. The lowest BCUT2D eigenvalue weighted by molar-refractivity contribution is 0.175. The van der Waals surface area contributed by atoms with Crippen LogP contribution in [0.15, 0.2) is 0 Å². The molecule has 0 bridgehead atoms. The predicted molar refractivity (Wildman–Crippen MR) is 26.5 cm³/mol. The second-order valence-electron chi connectivity index (χ2n) is 0.962. The summed E-state index contributed by atoms with van der Waals surface area (Å²) >= 11 is -7.18. The van der Waals surface area contributed by atoms with Crippen LogP contribution in [0.3, 0.4) is 0 Å². The van der Waals surface area contributed by atoms with E-state index in [1.807, 2.05) is 0 Å². The van der Waals surface area contributed by atoms with Crippen molar-refractivity contribution >= 4 is 22.2 Å². The number of hydrogen-bond donors (Lipinski definition) is 2. The second-order valence-corrected chi connectivity index (χ2v) is 3.24.